The topological polar surface area (TPSA) is 3.24 Å². The second-order valence-corrected chi connectivity index (χ2v) is 15.0. The molecule has 0 saturated heterocycles. The molecule has 54 heavy (non-hydrogen) atoms. The number of benzene rings is 9. The number of hydrogen-bond acceptors (Lipinski definition) is 1. The normalized spacial score (nSPS) is 12.8. The minimum Gasteiger partial charge on any atom is -0.310 e. The Bertz CT molecular complexity index is 2820. The lowest BCUT2D eigenvalue weighted by Gasteiger charge is -2.26. The highest BCUT2D eigenvalue weighted by Crippen LogP contribution is 2.52. The Labute approximate surface area is 317 Å². The minimum atomic E-state index is -0.0276. The van der Waals surface area contributed by atoms with Gasteiger partial charge < -0.3 is 4.90 Å². The molecule has 1 aliphatic carbocycles. The van der Waals surface area contributed by atoms with Crippen molar-refractivity contribution in [2.24, 2.45) is 0 Å². The van der Waals surface area contributed by atoms with Crippen LogP contribution in [-0.2, 0) is 5.41 Å². The standard InChI is InChI=1S/C53H39N/c1-53(2)50-16-8-7-14-49(50)52-48(15-9-17-51(52)53)41-27-31-46(32-28-41)54(47-33-26-37-11-4-6-13-43(37)35-47)45-29-24-39(25-30-45)38-18-20-40(21-19-38)44-23-22-36-10-3-5-12-42(36)34-44/h3-35H,1-2H3. The highest BCUT2D eigenvalue weighted by molar-refractivity contribution is 5.94. The second-order valence-electron chi connectivity index (χ2n) is 15.0. The van der Waals surface area contributed by atoms with E-state index >= 15 is 0 Å². The fourth-order valence-electron chi connectivity index (χ4n) is 8.58. The van der Waals surface area contributed by atoms with Gasteiger partial charge in [-0.1, -0.05) is 172 Å². The maximum atomic E-state index is 2.37. The molecule has 0 unspecified atom stereocenters. The molecule has 1 aliphatic rings. The van der Waals surface area contributed by atoms with Crippen LogP contribution in [0.5, 0.6) is 0 Å². The first-order valence-corrected chi connectivity index (χ1v) is 18.8. The largest absolute Gasteiger partial charge is 0.310 e. The molecule has 0 amide bonds. The van der Waals surface area contributed by atoms with Gasteiger partial charge in [0.2, 0.25) is 0 Å². The molecule has 1 nitrogen and oxygen atoms in total. The van der Waals surface area contributed by atoms with Crippen molar-refractivity contribution in [2.75, 3.05) is 4.90 Å². The fourth-order valence-corrected chi connectivity index (χ4v) is 8.58. The van der Waals surface area contributed by atoms with Crippen molar-refractivity contribution in [1.82, 2.24) is 0 Å². The molecule has 1 heteroatoms. The number of hydrogen-bond donors (Lipinski definition) is 0. The molecular weight excluding hydrogens is 651 g/mol. The quantitative estimate of drug-likeness (QED) is 0.168. The molecule has 0 saturated carbocycles. The SMILES string of the molecule is CC1(C)c2ccccc2-c2c(-c3ccc(N(c4ccc(-c5ccc(-c6ccc7ccccc7c6)cc5)cc4)c4ccc5ccccc5c4)cc3)cccc21. The Balaban J connectivity index is 1.00. The molecule has 10 rings (SSSR count). The molecule has 0 fully saturated rings. The molecule has 9 aromatic rings. The third kappa shape index (κ3) is 5.40. The highest BCUT2D eigenvalue weighted by atomic mass is 15.1. The average molecular weight is 690 g/mol. The summed E-state index contributed by atoms with van der Waals surface area (Å²) in [7, 11) is 0. The minimum absolute atomic E-state index is 0.0276. The first-order chi connectivity index (χ1) is 26.5. The summed E-state index contributed by atoms with van der Waals surface area (Å²) in [6.45, 7) is 4.69. The van der Waals surface area contributed by atoms with Gasteiger partial charge in [0.25, 0.3) is 0 Å². The van der Waals surface area contributed by atoms with Gasteiger partial charge in [0.15, 0.2) is 0 Å². The van der Waals surface area contributed by atoms with Crippen molar-refractivity contribution in [3.05, 3.63) is 211 Å². The Morgan fingerprint density at radius 3 is 1.43 bits per heavy atom. The molecule has 9 aromatic carbocycles. The van der Waals surface area contributed by atoms with Crippen LogP contribution in [0.15, 0.2) is 200 Å². The number of anilines is 3. The summed E-state index contributed by atoms with van der Waals surface area (Å²) < 4.78 is 0. The van der Waals surface area contributed by atoms with Gasteiger partial charge >= 0.3 is 0 Å². The maximum Gasteiger partial charge on any atom is 0.0468 e. The summed E-state index contributed by atoms with van der Waals surface area (Å²) >= 11 is 0. The van der Waals surface area contributed by atoms with Crippen molar-refractivity contribution in [3.63, 3.8) is 0 Å². The number of nitrogens with zero attached hydrogens (tertiary/aromatic N) is 1. The van der Waals surface area contributed by atoms with E-state index in [4.69, 9.17) is 0 Å². The predicted molar refractivity (Wildman–Crippen MR) is 230 cm³/mol. The zero-order chi connectivity index (χ0) is 36.2. The molecule has 0 radical (unpaired) electrons. The first kappa shape index (κ1) is 32.0. The Morgan fingerprint density at radius 2 is 0.759 bits per heavy atom. The van der Waals surface area contributed by atoms with E-state index < -0.39 is 0 Å². The second kappa shape index (κ2) is 12.8. The number of rotatable bonds is 6. The molecule has 0 N–H and O–H groups in total. The molecule has 0 bridgehead atoms. The van der Waals surface area contributed by atoms with E-state index in [0.717, 1.165) is 17.1 Å². The van der Waals surface area contributed by atoms with E-state index in [1.165, 1.54) is 77.2 Å². The monoisotopic (exact) mass is 689 g/mol. The summed E-state index contributed by atoms with van der Waals surface area (Å²) in [4.78, 5) is 2.37. The molecule has 0 atom stereocenters. The highest BCUT2D eigenvalue weighted by Gasteiger charge is 2.36. The van der Waals surface area contributed by atoms with Gasteiger partial charge in [-0.15, -0.1) is 0 Å². The zero-order valence-corrected chi connectivity index (χ0v) is 30.5. The van der Waals surface area contributed by atoms with E-state index in [1.807, 2.05) is 0 Å². The molecule has 0 aromatic heterocycles. The van der Waals surface area contributed by atoms with Gasteiger partial charge in [0.1, 0.15) is 0 Å². The Kier molecular flexibility index (Phi) is 7.56. The Morgan fingerprint density at radius 1 is 0.315 bits per heavy atom. The van der Waals surface area contributed by atoms with Gasteiger partial charge in [0.05, 0.1) is 0 Å². The van der Waals surface area contributed by atoms with Crippen LogP contribution in [0.2, 0.25) is 0 Å². The molecule has 256 valence electrons. The van der Waals surface area contributed by atoms with Gasteiger partial charge in [0, 0.05) is 22.5 Å². The van der Waals surface area contributed by atoms with E-state index in [-0.39, 0.29) is 5.41 Å². The van der Waals surface area contributed by atoms with Crippen LogP contribution < -0.4 is 4.90 Å². The summed E-state index contributed by atoms with van der Waals surface area (Å²) in [5, 5.41) is 4.99. The third-order valence-electron chi connectivity index (χ3n) is 11.5. The van der Waals surface area contributed by atoms with Gasteiger partial charge in [-0.3, -0.25) is 0 Å². The molecular formula is C53H39N. The van der Waals surface area contributed by atoms with Crippen LogP contribution in [0.4, 0.5) is 17.1 Å². The van der Waals surface area contributed by atoms with E-state index in [9.17, 15) is 0 Å². The van der Waals surface area contributed by atoms with Crippen molar-refractivity contribution in [1.29, 1.82) is 0 Å². The summed E-state index contributed by atoms with van der Waals surface area (Å²) in [5.74, 6) is 0. The summed E-state index contributed by atoms with van der Waals surface area (Å²) in [6.07, 6.45) is 0. The van der Waals surface area contributed by atoms with Crippen LogP contribution in [0.1, 0.15) is 25.0 Å². The van der Waals surface area contributed by atoms with Crippen molar-refractivity contribution < 1.29 is 0 Å². The molecule has 0 spiro atoms. The lowest BCUT2D eigenvalue weighted by Crippen LogP contribution is -2.14. The molecule has 0 aliphatic heterocycles. The zero-order valence-electron chi connectivity index (χ0n) is 30.5. The van der Waals surface area contributed by atoms with Crippen LogP contribution in [-0.4, -0.2) is 0 Å². The van der Waals surface area contributed by atoms with Crippen molar-refractivity contribution >= 4 is 38.6 Å². The van der Waals surface area contributed by atoms with Gasteiger partial charge in [-0.2, -0.15) is 0 Å². The van der Waals surface area contributed by atoms with E-state index in [0.29, 0.717) is 0 Å². The van der Waals surface area contributed by atoms with Crippen LogP contribution in [0.3, 0.4) is 0 Å². The smallest absolute Gasteiger partial charge is 0.0468 e. The summed E-state index contributed by atoms with van der Waals surface area (Å²) in [5.41, 5.74) is 16.2. The predicted octanol–water partition coefficient (Wildman–Crippen LogP) is 14.8. The number of fused-ring (bicyclic) bond motifs is 5. The lowest BCUT2D eigenvalue weighted by atomic mass is 9.82. The summed E-state index contributed by atoms with van der Waals surface area (Å²) in [6, 6.07) is 73.3. The first-order valence-electron chi connectivity index (χ1n) is 18.8. The average Bonchev–Trinajstić information content (AvgIpc) is 3.47. The lowest BCUT2D eigenvalue weighted by molar-refractivity contribution is 0.660. The third-order valence-corrected chi connectivity index (χ3v) is 11.5. The van der Waals surface area contributed by atoms with Crippen LogP contribution >= 0.6 is 0 Å². The van der Waals surface area contributed by atoms with Gasteiger partial charge in [-0.25, -0.2) is 0 Å². The van der Waals surface area contributed by atoms with Crippen LogP contribution in [0, 0.1) is 0 Å². The molecule has 0 heterocycles. The fraction of sp³-hybridized carbons (Fsp3) is 0.0566. The van der Waals surface area contributed by atoms with E-state index in [1.54, 1.807) is 0 Å². The van der Waals surface area contributed by atoms with E-state index in [2.05, 4.69) is 219 Å². The maximum absolute atomic E-state index is 2.37. The Hall–Kier alpha value is -6.70. The van der Waals surface area contributed by atoms with Crippen LogP contribution in [0.25, 0.3) is 66.1 Å². The van der Waals surface area contributed by atoms with Crippen molar-refractivity contribution in [2.45, 2.75) is 19.3 Å². The van der Waals surface area contributed by atoms with Crippen molar-refractivity contribution in [3.8, 4) is 44.5 Å². The van der Waals surface area contributed by atoms with Gasteiger partial charge in [-0.05, 0) is 120 Å².